The van der Waals surface area contributed by atoms with Crippen LogP contribution in [0.4, 0.5) is 8.78 Å². The number of benzene rings is 3. The van der Waals surface area contributed by atoms with Crippen LogP contribution in [0.1, 0.15) is 21.6 Å². The molecule has 0 amide bonds. The van der Waals surface area contributed by atoms with E-state index in [1.165, 1.54) is 25.3 Å². The van der Waals surface area contributed by atoms with Gasteiger partial charge in [0, 0.05) is 33.0 Å². The lowest BCUT2D eigenvalue weighted by Gasteiger charge is -2.17. The van der Waals surface area contributed by atoms with Crippen molar-refractivity contribution >= 4 is 21.9 Å². The Labute approximate surface area is 203 Å². The molecule has 1 N–H and O–H groups in total. The molecule has 0 bridgehead atoms. The molecule has 0 aliphatic carbocycles. The zero-order chi connectivity index (χ0) is 24.4. The van der Waals surface area contributed by atoms with E-state index >= 15 is 0 Å². The summed E-state index contributed by atoms with van der Waals surface area (Å²) < 4.78 is 40.8. The van der Waals surface area contributed by atoms with Crippen molar-refractivity contribution in [1.82, 2.24) is 4.57 Å². The first-order valence-electron chi connectivity index (χ1n) is 10.2. The molecule has 1 aromatic heterocycles. The fourth-order valence-corrected chi connectivity index (χ4v) is 4.01. The van der Waals surface area contributed by atoms with Gasteiger partial charge in [0.2, 0.25) is 0 Å². The number of carbonyl (C=O) groups is 1. The number of rotatable bonds is 6. The standard InChI is InChI=1S/C26H20BrF2NO4/c1-15-3-8-23(30(15)19-7-9-24(31)21(13-19)26(32)33-2)20-11-17(27)5-10-25(20)34-14-16-4-6-18(28)12-22(16)29/h3-13,31H,14H2,1-2H3. The van der Waals surface area contributed by atoms with Gasteiger partial charge >= 0.3 is 5.97 Å². The Morgan fingerprint density at radius 3 is 2.56 bits per heavy atom. The van der Waals surface area contributed by atoms with E-state index in [4.69, 9.17) is 9.47 Å². The Kier molecular flexibility index (Phi) is 6.70. The molecule has 3 aromatic carbocycles. The molecule has 34 heavy (non-hydrogen) atoms. The molecule has 0 aliphatic heterocycles. The van der Waals surface area contributed by atoms with E-state index in [1.54, 1.807) is 24.3 Å². The van der Waals surface area contributed by atoms with Crippen LogP contribution in [0.25, 0.3) is 16.9 Å². The maximum Gasteiger partial charge on any atom is 0.341 e. The number of phenols is 1. The number of aromatic hydroxyl groups is 1. The van der Waals surface area contributed by atoms with Crippen LogP contribution in [0.2, 0.25) is 0 Å². The zero-order valence-corrected chi connectivity index (χ0v) is 19.9. The van der Waals surface area contributed by atoms with Gasteiger partial charge in [-0.25, -0.2) is 13.6 Å². The van der Waals surface area contributed by atoms with Crippen molar-refractivity contribution in [2.75, 3.05) is 7.11 Å². The van der Waals surface area contributed by atoms with Gasteiger partial charge in [-0.3, -0.25) is 0 Å². The Balaban J connectivity index is 1.77. The van der Waals surface area contributed by atoms with Crippen LogP contribution in [0.3, 0.4) is 0 Å². The summed E-state index contributed by atoms with van der Waals surface area (Å²) in [6, 6.07) is 17.2. The zero-order valence-electron chi connectivity index (χ0n) is 18.3. The van der Waals surface area contributed by atoms with E-state index in [1.807, 2.05) is 29.7 Å². The topological polar surface area (TPSA) is 60.7 Å². The Morgan fingerprint density at radius 2 is 1.82 bits per heavy atom. The SMILES string of the molecule is COC(=O)c1cc(-n2c(C)ccc2-c2cc(Br)ccc2OCc2ccc(F)cc2F)ccc1O. The van der Waals surface area contributed by atoms with Crippen LogP contribution >= 0.6 is 15.9 Å². The van der Waals surface area contributed by atoms with Gasteiger partial charge in [-0.15, -0.1) is 0 Å². The third kappa shape index (κ3) is 4.68. The summed E-state index contributed by atoms with van der Waals surface area (Å²) in [5, 5.41) is 10.1. The maximum absolute atomic E-state index is 14.1. The van der Waals surface area contributed by atoms with Crippen molar-refractivity contribution in [3.63, 3.8) is 0 Å². The summed E-state index contributed by atoms with van der Waals surface area (Å²) in [4.78, 5) is 12.1. The van der Waals surface area contributed by atoms with Gasteiger partial charge in [-0.1, -0.05) is 15.9 Å². The van der Waals surface area contributed by atoms with E-state index in [9.17, 15) is 18.7 Å². The average Bonchev–Trinajstić information content (AvgIpc) is 3.20. The minimum atomic E-state index is -0.683. The number of phenolic OH excluding ortho intramolecular Hbond substituents is 1. The van der Waals surface area contributed by atoms with Crippen molar-refractivity contribution in [2.45, 2.75) is 13.5 Å². The van der Waals surface area contributed by atoms with E-state index in [2.05, 4.69) is 15.9 Å². The Bertz CT molecular complexity index is 1380. The number of hydrogen-bond donors (Lipinski definition) is 1. The van der Waals surface area contributed by atoms with E-state index in [0.29, 0.717) is 17.0 Å². The molecule has 1 heterocycles. The van der Waals surface area contributed by atoms with Crippen LogP contribution in [0, 0.1) is 18.6 Å². The van der Waals surface area contributed by atoms with Gasteiger partial charge in [0.25, 0.3) is 0 Å². The summed E-state index contributed by atoms with van der Waals surface area (Å²) >= 11 is 3.49. The second-order valence-corrected chi connectivity index (χ2v) is 8.47. The van der Waals surface area contributed by atoms with E-state index in [-0.39, 0.29) is 23.5 Å². The molecule has 0 fully saturated rings. The molecule has 0 unspecified atom stereocenters. The minimum Gasteiger partial charge on any atom is -0.507 e. The Hall–Kier alpha value is -3.65. The van der Waals surface area contributed by atoms with Crippen molar-refractivity contribution in [3.8, 4) is 28.4 Å². The third-order valence-corrected chi connectivity index (χ3v) is 5.83. The second kappa shape index (κ2) is 9.69. The van der Waals surface area contributed by atoms with Gasteiger partial charge in [0.05, 0.1) is 12.8 Å². The number of ether oxygens (including phenoxy) is 2. The molecule has 0 radical (unpaired) electrons. The van der Waals surface area contributed by atoms with Gasteiger partial charge in [-0.05, 0) is 67.6 Å². The highest BCUT2D eigenvalue weighted by Crippen LogP contribution is 2.37. The lowest BCUT2D eigenvalue weighted by molar-refractivity contribution is 0.0597. The molecule has 4 rings (SSSR count). The number of aryl methyl sites for hydroxylation is 1. The first kappa shape index (κ1) is 23.5. The number of nitrogens with zero attached hydrogens (tertiary/aromatic N) is 1. The number of esters is 1. The monoisotopic (exact) mass is 527 g/mol. The van der Waals surface area contributed by atoms with Gasteiger partial charge in [-0.2, -0.15) is 0 Å². The van der Waals surface area contributed by atoms with Crippen LogP contribution in [0.15, 0.2) is 71.2 Å². The molecule has 5 nitrogen and oxygen atoms in total. The maximum atomic E-state index is 14.1. The fourth-order valence-electron chi connectivity index (χ4n) is 3.65. The molecule has 0 saturated heterocycles. The number of carbonyl (C=O) groups excluding carboxylic acids is 1. The van der Waals surface area contributed by atoms with Crippen molar-refractivity contribution in [2.24, 2.45) is 0 Å². The van der Waals surface area contributed by atoms with Crippen LogP contribution in [0.5, 0.6) is 11.5 Å². The fraction of sp³-hybridized carbons (Fsp3) is 0.115. The molecule has 174 valence electrons. The first-order chi connectivity index (χ1) is 16.3. The van der Waals surface area contributed by atoms with Crippen LogP contribution in [-0.4, -0.2) is 22.8 Å². The Morgan fingerprint density at radius 1 is 1.03 bits per heavy atom. The number of hydrogen-bond acceptors (Lipinski definition) is 4. The molecule has 0 atom stereocenters. The second-order valence-electron chi connectivity index (χ2n) is 7.55. The number of aromatic nitrogens is 1. The summed E-state index contributed by atoms with van der Waals surface area (Å²) in [7, 11) is 1.25. The van der Waals surface area contributed by atoms with Gasteiger partial charge in [0.1, 0.15) is 35.3 Å². The van der Waals surface area contributed by atoms with Crippen molar-refractivity contribution in [1.29, 1.82) is 0 Å². The molecular weight excluding hydrogens is 508 g/mol. The smallest absolute Gasteiger partial charge is 0.341 e. The quantitative estimate of drug-likeness (QED) is 0.288. The largest absolute Gasteiger partial charge is 0.507 e. The highest BCUT2D eigenvalue weighted by atomic mass is 79.9. The summed E-state index contributed by atoms with van der Waals surface area (Å²) in [6.45, 7) is 1.81. The molecule has 8 heteroatoms. The summed E-state index contributed by atoms with van der Waals surface area (Å²) in [5.74, 6) is -1.69. The molecule has 0 spiro atoms. The molecule has 0 saturated carbocycles. The predicted octanol–water partition coefficient (Wildman–Crippen LogP) is 6.56. The normalized spacial score (nSPS) is 10.9. The van der Waals surface area contributed by atoms with Crippen LogP contribution in [-0.2, 0) is 11.3 Å². The van der Waals surface area contributed by atoms with E-state index in [0.717, 1.165) is 21.9 Å². The molecular formula is C26H20BrF2NO4. The lowest BCUT2D eigenvalue weighted by Crippen LogP contribution is -2.06. The van der Waals surface area contributed by atoms with Crippen LogP contribution < -0.4 is 4.74 Å². The third-order valence-electron chi connectivity index (χ3n) is 5.34. The molecule has 4 aromatic rings. The number of methoxy groups -OCH3 is 1. The number of halogens is 3. The molecule has 0 aliphatic rings. The first-order valence-corrected chi connectivity index (χ1v) is 11.0. The minimum absolute atomic E-state index is 0.0385. The van der Waals surface area contributed by atoms with Crippen molar-refractivity contribution < 1.29 is 28.2 Å². The summed E-state index contributed by atoms with van der Waals surface area (Å²) in [5.41, 5.74) is 3.21. The van der Waals surface area contributed by atoms with Crippen molar-refractivity contribution in [3.05, 3.63) is 99.7 Å². The highest BCUT2D eigenvalue weighted by molar-refractivity contribution is 9.10. The predicted molar refractivity (Wildman–Crippen MR) is 127 cm³/mol. The van der Waals surface area contributed by atoms with Gasteiger partial charge < -0.3 is 19.1 Å². The average molecular weight is 528 g/mol. The lowest BCUT2D eigenvalue weighted by atomic mass is 10.1. The van der Waals surface area contributed by atoms with E-state index < -0.39 is 17.6 Å². The van der Waals surface area contributed by atoms with Gasteiger partial charge in [0.15, 0.2) is 0 Å². The summed E-state index contributed by atoms with van der Waals surface area (Å²) in [6.07, 6.45) is 0. The highest BCUT2D eigenvalue weighted by Gasteiger charge is 2.18.